The monoisotopic (exact) mass is 314 g/mol. The molecule has 0 saturated carbocycles. The van der Waals surface area contributed by atoms with Crippen molar-refractivity contribution < 1.29 is 9.18 Å². The van der Waals surface area contributed by atoms with E-state index in [0.29, 0.717) is 16.7 Å². The molecule has 0 bridgehead atoms. The van der Waals surface area contributed by atoms with Crippen LogP contribution >= 0.6 is 0 Å². The van der Waals surface area contributed by atoms with Gasteiger partial charge in [-0.3, -0.25) is 0 Å². The summed E-state index contributed by atoms with van der Waals surface area (Å²) in [6.45, 7) is 1.82. The van der Waals surface area contributed by atoms with Crippen LogP contribution in [0.5, 0.6) is 0 Å². The van der Waals surface area contributed by atoms with Crippen molar-refractivity contribution in [3.8, 4) is 0 Å². The van der Waals surface area contributed by atoms with Crippen LogP contribution in [-0.4, -0.2) is 16.0 Å². The average molecular weight is 314 g/mol. The molecule has 2 amide bonds. The van der Waals surface area contributed by atoms with E-state index in [1.165, 1.54) is 18.2 Å². The molecule has 23 heavy (non-hydrogen) atoms. The predicted molar refractivity (Wildman–Crippen MR) is 85.9 cm³/mol. The SMILES string of the molecule is C[C@H](NC(=O)Nc1cccc(F)c1)c1ccc2[nH]c(=O)[nH]c2c1. The molecular formula is C16H15FN4O2. The van der Waals surface area contributed by atoms with Crippen molar-refractivity contribution >= 4 is 22.8 Å². The molecule has 0 aliphatic heterocycles. The number of aromatic amines is 2. The third-order valence-electron chi connectivity index (χ3n) is 3.47. The summed E-state index contributed by atoms with van der Waals surface area (Å²) in [5.41, 5.74) is 2.31. The van der Waals surface area contributed by atoms with E-state index in [0.717, 1.165) is 5.56 Å². The molecule has 2 aromatic carbocycles. The van der Waals surface area contributed by atoms with Crippen LogP contribution in [0.2, 0.25) is 0 Å². The number of urea groups is 1. The number of anilines is 1. The Morgan fingerprint density at radius 3 is 2.70 bits per heavy atom. The average Bonchev–Trinajstić information content (AvgIpc) is 2.86. The molecule has 0 aliphatic rings. The Balaban J connectivity index is 1.70. The number of aromatic nitrogens is 2. The number of hydrogen-bond donors (Lipinski definition) is 4. The van der Waals surface area contributed by atoms with Crippen molar-refractivity contribution in [2.45, 2.75) is 13.0 Å². The summed E-state index contributed by atoms with van der Waals surface area (Å²) in [6.07, 6.45) is 0. The zero-order valence-corrected chi connectivity index (χ0v) is 12.3. The summed E-state index contributed by atoms with van der Waals surface area (Å²) < 4.78 is 13.1. The number of imidazole rings is 1. The standard InChI is InChI=1S/C16H15FN4O2/c1-9(10-5-6-13-14(7-10)21-16(23)20-13)18-15(22)19-12-4-2-3-11(17)8-12/h2-9H,1H3,(H2,18,19,22)(H2,20,21,23)/t9-/m0/s1. The quantitative estimate of drug-likeness (QED) is 0.599. The molecule has 1 heterocycles. The van der Waals surface area contributed by atoms with Crippen molar-refractivity contribution in [1.29, 1.82) is 0 Å². The lowest BCUT2D eigenvalue weighted by Crippen LogP contribution is -2.31. The second-order valence-corrected chi connectivity index (χ2v) is 5.21. The summed E-state index contributed by atoms with van der Waals surface area (Å²) in [4.78, 5) is 28.6. The number of carbonyl (C=O) groups is 1. The molecule has 3 aromatic rings. The van der Waals surface area contributed by atoms with E-state index in [9.17, 15) is 14.0 Å². The van der Waals surface area contributed by atoms with Gasteiger partial charge in [-0.05, 0) is 42.8 Å². The van der Waals surface area contributed by atoms with Gasteiger partial charge >= 0.3 is 11.7 Å². The van der Waals surface area contributed by atoms with Gasteiger partial charge in [0.05, 0.1) is 17.1 Å². The Kier molecular flexibility index (Phi) is 3.84. The third-order valence-corrected chi connectivity index (χ3v) is 3.47. The van der Waals surface area contributed by atoms with Crippen LogP contribution in [0.25, 0.3) is 11.0 Å². The normalized spacial score (nSPS) is 12.1. The highest BCUT2D eigenvalue weighted by Gasteiger charge is 2.11. The van der Waals surface area contributed by atoms with Crippen LogP contribution in [0, 0.1) is 5.82 Å². The minimum absolute atomic E-state index is 0.276. The molecule has 7 heteroatoms. The first kappa shape index (κ1) is 14.8. The smallest absolute Gasteiger partial charge is 0.323 e. The first-order valence-corrected chi connectivity index (χ1v) is 7.06. The molecule has 118 valence electrons. The summed E-state index contributed by atoms with van der Waals surface area (Å²) >= 11 is 0. The van der Waals surface area contributed by atoms with Crippen molar-refractivity contribution in [1.82, 2.24) is 15.3 Å². The Hall–Kier alpha value is -3.09. The molecule has 6 nitrogen and oxygen atoms in total. The molecule has 0 saturated heterocycles. The van der Waals surface area contributed by atoms with E-state index in [1.54, 1.807) is 18.2 Å². The largest absolute Gasteiger partial charge is 0.331 e. The molecule has 4 N–H and O–H groups in total. The molecule has 3 rings (SSSR count). The first-order chi connectivity index (χ1) is 11.0. The maximum atomic E-state index is 13.1. The molecule has 1 aromatic heterocycles. The van der Waals surface area contributed by atoms with Crippen molar-refractivity contribution in [2.24, 2.45) is 0 Å². The van der Waals surface area contributed by atoms with Crippen molar-refractivity contribution in [3.05, 3.63) is 64.3 Å². The summed E-state index contributed by atoms with van der Waals surface area (Å²) in [7, 11) is 0. The van der Waals surface area contributed by atoms with Crippen LogP contribution < -0.4 is 16.3 Å². The lowest BCUT2D eigenvalue weighted by molar-refractivity contribution is 0.249. The van der Waals surface area contributed by atoms with E-state index in [4.69, 9.17) is 0 Å². The Bertz CT molecular complexity index is 916. The Morgan fingerprint density at radius 1 is 1.13 bits per heavy atom. The first-order valence-electron chi connectivity index (χ1n) is 7.06. The lowest BCUT2D eigenvalue weighted by Gasteiger charge is -2.15. The fourth-order valence-electron chi connectivity index (χ4n) is 2.33. The van der Waals surface area contributed by atoms with E-state index >= 15 is 0 Å². The van der Waals surface area contributed by atoms with Crippen LogP contribution in [0.15, 0.2) is 47.3 Å². The molecule has 0 spiro atoms. The number of rotatable bonds is 3. The van der Waals surface area contributed by atoms with E-state index in [2.05, 4.69) is 20.6 Å². The molecular weight excluding hydrogens is 299 g/mol. The van der Waals surface area contributed by atoms with Crippen LogP contribution in [0.4, 0.5) is 14.9 Å². The number of fused-ring (bicyclic) bond motifs is 1. The van der Waals surface area contributed by atoms with Crippen LogP contribution in [0.1, 0.15) is 18.5 Å². The maximum absolute atomic E-state index is 13.1. The van der Waals surface area contributed by atoms with Crippen molar-refractivity contribution in [3.63, 3.8) is 0 Å². The highest BCUT2D eigenvalue weighted by atomic mass is 19.1. The van der Waals surface area contributed by atoms with Crippen molar-refractivity contribution in [2.75, 3.05) is 5.32 Å². The van der Waals surface area contributed by atoms with Gasteiger partial charge in [0.15, 0.2) is 0 Å². The van der Waals surface area contributed by atoms with Gasteiger partial charge in [0.2, 0.25) is 0 Å². The number of amides is 2. The van der Waals surface area contributed by atoms with Gasteiger partial charge in [0.25, 0.3) is 0 Å². The molecule has 0 radical (unpaired) electrons. The lowest BCUT2D eigenvalue weighted by atomic mass is 10.1. The van der Waals surface area contributed by atoms with Gasteiger partial charge in [-0.1, -0.05) is 12.1 Å². The van der Waals surface area contributed by atoms with Gasteiger partial charge in [0, 0.05) is 5.69 Å². The predicted octanol–water partition coefficient (Wildman–Crippen LogP) is 2.88. The molecule has 1 atom stereocenters. The fraction of sp³-hybridized carbons (Fsp3) is 0.125. The minimum atomic E-state index is -0.439. The van der Waals surface area contributed by atoms with Crippen LogP contribution in [0.3, 0.4) is 0 Å². The fourth-order valence-corrected chi connectivity index (χ4v) is 2.33. The third kappa shape index (κ3) is 3.39. The van der Waals surface area contributed by atoms with E-state index in [1.807, 2.05) is 13.0 Å². The highest BCUT2D eigenvalue weighted by molar-refractivity contribution is 5.89. The Morgan fingerprint density at radius 2 is 1.91 bits per heavy atom. The second-order valence-electron chi connectivity index (χ2n) is 5.21. The topological polar surface area (TPSA) is 89.8 Å². The van der Waals surface area contributed by atoms with Gasteiger partial charge in [0.1, 0.15) is 5.82 Å². The van der Waals surface area contributed by atoms with E-state index in [-0.39, 0.29) is 11.7 Å². The summed E-state index contributed by atoms with van der Waals surface area (Å²) in [6, 6.07) is 10.3. The molecule has 0 fully saturated rings. The maximum Gasteiger partial charge on any atom is 0.323 e. The molecule has 0 aliphatic carbocycles. The van der Waals surface area contributed by atoms with Gasteiger partial charge in [-0.25, -0.2) is 14.0 Å². The summed E-state index contributed by atoms with van der Waals surface area (Å²) in [5.74, 6) is -0.419. The number of benzene rings is 2. The second kappa shape index (κ2) is 5.96. The van der Waals surface area contributed by atoms with E-state index < -0.39 is 11.8 Å². The van der Waals surface area contributed by atoms with Gasteiger partial charge in [-0.15, -0.1) is 0 Å². The number of carbonyl (C=O) groups excluding carboxylic acids is 1. The minimum Gasteiger partial charge on any atom is -0.331 e. The number of H-pyrrole nitrogens is 2. The number of nitrogens with one attached hydrogen (secondary N) is 4. The van der Waals surface area contributed by atoms with Gasteiger partial charge in [-0.2, -0.15) is 0 Å². The molecule has 0 unspecified atom stereocenters. The summed E-state index contributed by atoms with van der Waals surface area (Å²) in [5, 5.41) is 5.33. The zero-order valence-electron chi connectivity index (χ0n) is 12.3. The van der Waals surface area contributed by atoms with Gasteiger partial charge < -0.3 is 20.6 Å². The number of hydrogen-bond acceptors (Lipinski definition) is 2. The number of halogens is 1. The highest BCUT2D eigenvalue weighted by Crippen LogP contribution is 2.17. The zero-order chi connectivity index (χ0) is 16.4. The Labute approximate surface area is 130 Å². The van der Waals surface area contributed by atoms with Crippen LogP contribution in [-0.2, 0) is 0 Å².